The number of carboxylic acid groups (broad SMARTS) is 1. The minimum atomic E-state index is -4.02. The zero-order valence-corrected chi connectivity index (χ0v) is 13.7. The topological polar surface area (TPSA) is 83.5 Å². The van der Waals surface area contributed by atoms with Gasteiger partial charge in [-0.3, -0.25) is 4.72 Å². The zero-order valence-electron chi connectivity index (χ0n) is 11.3. The van der Waals surface area contributed by atoms with Gasteiger partial charge >= 0.3 is 5.97 Å². The van der Waals surface area contributed by atoms with Gasteiger partial charge in [0.15, 0.2) is 0 Å². The third-order valence-corrected chi connectivity index (χ3v) is 4.97. The van der Waals surface area contributed by atoms with Crippen LogP contribution in [0.2, 0.25) is 0 Å². The average Bonchev–Trinajstić information content (AvgIpc) is 2.42. The Labute approximate surface area is 135 Å². The number of aromatic carboxylic acids is 1. The molecule has 0 aliphatic rings. The van der Waals surface area contributed by atoms with Gasteiger partial charge < -0.3 is 5.11 Å². The van der Waals surface area contributed by atoms with E-state index in [0.717, 1.165) is 12.1 Å². The van der Waals surface area contributed by atoms with Crippen molar-refractivity contribution >= 4 is 37.6 Å². The van der Waals surface area contributed by atoms with E-state index in [1.54, 1.807) is 6.92 Å². The summed E-state index contributed by atoms with van der Waals surface area (Å²) in [6.07, 6.45) is 0. The van der Waals surface area contributed by atoms with E-state index in [9.17, 15) is 17.6 Å². The van der Waals surface area contributed by atoms with Gasteiger partial charge in [0.2, 0.25) is 0 Å². The lowest BCUT2D eigenvalue weighted by Crippen LogP contribution is -2.14. The molecule has 0 heterocycles. The van der Waals surface area contributed by atoms with Crippen molar-refractivity contribution in [1.29, 1.82) is 0 Å². The first-order chi connectivity index (χ1) is 10.2. The van der Waals surface area contributed by atoms with Crippen LogP contribution in [0.1, 0.15) is 15.9 Å². The molecule has 0 aliphatic heterocycles. The van der Waals surface area contributed by atoms with Crippen molar-refractivity contribution in [2.24, 2.45) is 0 Å². The van der Waals surface area contributed by atoms with Crippen LogP contribution in [-0.4, -0.2) is 19.5 Å². The Kier molecular flexibility index (Phi) is 4.52. The van der Waals surface area contributed by atoms with Crippen molar-refractivity contribution in [1.82, 2.24) is 0 Å². The summed E-state index contributed by atoms with van der Waals surface area (Å²) in [4.78, 5) is 10.8. The second kappa shape index (κ2) is 6.05. The summed E-state index contributed by atoms with van der Waals surface area (Å²) in [6.45, 7) is 1.56. The van der Waals surface area contributed by atoms with Gasteiger partial charge in [0.25, 0.3) is 10.0 Å². The zero-order chi connectivity index (χ0) is 16.5. The molecule has 0 fully saturated rings. The first kappa shape index (κ1) is 16.4. The van der Waals surface area contributed by atoms with E-state index < -0.39 is 21.8 Å². The van der Waals surface area contributed by atoms with Crippen molar-refractivity contribution in [2.45, 2.75) is 11.8 Å². The molecule has 0 saturated heterocycles. The predicted octanol–water partition coefficient (Wildman–Crippen LogP) is 3.40. The molecular weight excluding hydrogens is 377 g/mol. The molecule has 2 rings (SSSR count). The SMILES string of the molecule is Cc1ccc(NS(=O)(=O)c2ccc(Br)c(C(=O)O)c2)cc1F. The fourth-order valence-corrected chi connectivity index (χ4v) is 3.20. The minimum Gasteiger partial charge on any atom is -0.478 e. The summed E-state index contributed by atoms with van der Waals surface area (Å²) < 4.78 is 40.4. The number of sulfonamides is 1. The van der Waals surface area contributed by atoms with E-state index in [1.165, 1.54) is 24.3 Å². The Bertz CT molecular complexity index is 852. The maximum atomic E-state index is 13.5. The van der Waals surface area contributed by atoms with Gasteiger partial charge in [-0.15, -0.1) is 0 Å². The van der Waals surface area contributed by atoms with Gasteiger partial charge in [-0.2, -0.15) is 0 Å². The lowest BCUT2D eigenvalue weighted by molar-refractivity contribution is 0.0695. The summed E-state index contributed by atoms with van der Waals surface area (Å²) in [5.74, 6) is -1.80. The highest BCUT2D eigenvalue weighted by atomic mass is 79.9. The standard InChI is InChI=1S/C14H11BrFNO4S/c1-8-2-3-9(6-13(8)16)17-22(20,21)10-4-5-12(15)11(7-10)14(18)19/h2-7,17H,1H3,(H,18,19). The molecule has 0 aliphatic carbocycles. The lowest BCUT2D eigenvalue weighted by atomic mass is 10.2. The third kappa shape index (κ3) is 3.45. The van der Waals surface area contributed by atoms with Crippen LogP contribution in [0.25, 0.3) is 0 Å². The van der Waals surface area contributed by atoms with E-state index in [-0.39, 0.29) is 20.6 Å². The molecule has 0 unspecified atom stereocenters. The van der Waals surface area contributed by atoms with E-state index in [2.05, 4.69) is 20.7 Å². The first-order valence-electron chi connectivity index (χ1n) is 6.02. The maximum absolute atomic E-state index is 13.5. The molecule has 116 valence electrons. The number of anilines is 1. The Morgan fingerprint density at radius 3 is 2.50 bits per heavy atom. The Morgan fingerprint density at radius 1 is 1.23 bits per heavy atom. The Balaban J connectivity index is 2.40. The quantitative estimate of drug-likeness (QED) is 0.841. The molecule has 22 heavy (non-hydrogen) atoms. The molecule has 8 heteroatoms. The highest BCUT2D eigenvalue weighted by Crippen LogP contribution is 2.23. The number of carboxylic acids is 1. The monoisotopic (exact) mass is 387 g/mol. The molecule has 0 radical (unpaired) electrons. The van der Waals surface area contributed by atoms with Gasteiger partial charge in [0.1, 0.15) is 5.82 Å². The average molecular weight is 388 g/mol. The summed E-state index contributed by atoms with van der Waals surface area (Å²) >= 11 is 3.04. The van der Waals surface area contributed by atoms with Crippen molar-refractivity contribution in [3.05, 3.63) is 57.8 Å². The maximum Gasteiger partial charge on any atom is 0.336 e. The largest absolute Gasteiger partial charge is 0.478 e. The number of halogens is 2. The van der Waals surface area contributed by atoms with Gasteiger partial charge in [0.05, 0.1) is 16.1 Å². The predicted molar refractivity (Wildman–Crippen MR) is 83.0 cm³/mol. The third-order valence-electron chi connectivity index (χ3n) is 2.90. The second-order valence-electron chi connectivity index (χ2n) is 4.52. The normalized spacial score (nSPS) is 11.2. The van der Waals surface area contributed by atoms with Crippen LogP contribution in [0.4, 0.5) is 10.1 Å². The van der Waals surface area contributed by atoms with E-state index in [4.69, 9.17) is 5.11 Å². The van der Waals surface area contributed by atoms with Crippen molar-refractivity contribution < 1.29 is 22.7 Å². The molecule has 0 aromatic heterocycles. The molecule has 0 amide bonds. The molecule has 0 atom stereocenters. The van der Waals surface area contributed by atoms with Crippen LogP contribution >= 0.6 is 15.9 Å². The summed E-state index contributed by atoms with van der Waals surface area (Å²) in [7, 11) is -4.02. The number of benzene rings is 2. The van der Waals surface area contributed by atoms with Crippen LogP contribution < -0.4 is 4.72 Å². The van der Waals surface area contributed by atoms with Gasteiger partial charge in [-0.25, -0.2) is 17.6 Å². The fourth-order valence-electron chi connectivity index (χ4n) is 1.71. The number of carbonyl (C=O) groups is 1. The van der Waals surface area contributed by atoms with Crippen LogP contribution in [-0.2, 0) is 10.0 Å². The Morgan fingerprint density at radius 2 is 1.91 bits per heavy atom. The number of aryl methyl sites for hydroxylation is 1. The van der Waals surface area contributed by atoms with Crippen LogP contribution in [0.3, 0.4) is 0 Å². The summed E-state index contributed by atoms with van der Waals surface area (Å²) in [5.41, 5.74) is 0.264. The van der Waals surface area contributed by atoms with Crippen LogP contribution in [0.5, 0.6) is 0 Å². The van der Waals surface area contributed by atoms with Crippen molar-refractivity contribution in [2.75, 3.05) is 4.72 Å². The Hall–Kier alpha value is -1.93. The second-order valence-corrected chi connectivity index (χ2v) is 7.05. The molecule has 5 nitrogen and oxygen atoms in total. The van der Waals surface area contributed by atoms with Crippen LogP contribution in [0, 0.1) is 12.7 Å². The highest BCUT2D eigenvalue weighted by Gasteiger charge is 2.18. The van der Waals surface area contributed by atoms with Crippen molar-refractivity contribution in [3.8, 4) is 0 Å². The fraction of sp³-hybridized carbons (Fsp3) is 0.0714. The molecule has 0 saturated carbocycles. The highest BCUT2D eigenvalue weighted by molar-refractivity contribution is 9.10. The number of hydrogen-bond donors (Lipinski definition) is 2. The van der Waals surface area contributed by atoms with Crippen molar-refractivity contribution in [3.63, 3.8) is 0 Å². The van der Waals surface area contributed by atoms with E-state index >= 15 is 0 Å². The smallest absolute Gasteiger partial charge is 0.336 e. The summed E-state index contributed by atoms with van der Waals surface area (Å²) in [6, 6.07) is 7.53. The molecule has 2 N–H and O–H groups in total. The number of nitrogens with one attached hydrogen (secondary N) is 1. The molecule has 0 spiro atoms. The van der Waals surface area contributed by atoms with E-state index in [1.807, 2.05) is 0 Å². The summed E-state index contributed by atoms with van der Waals surface area (Å²) in [5, 5.41) is 9.02. The van der Waals surface area contributed by atoms with Gasteiger partial charge in [-0.05, 0) is 58.7 Å². The first-order valence-corrected chi connectivity index (χ1v) is 8.30. The van der Waals surface area contributed by atoms with Gasteiger partial charge in [-0.1, -0.05) is 6.07 Å². The van der Waals surface area contributed by atoms with E-state index in [0.29, 0.717) is 5.56 Å². The molecule has 2 aromatic rings. The molecule has 2 aromatic carbocycles. The van der Waals surface area contributed by atoms with Crippen LogP contribution in [0.15, 0.2) is 45.8 Å². The molecular formula is C14H11BrFNO4S. The number of hydrogen-bond acceptors (Lipinski definition) is 3. The van der Waals surface area contributed by atoms with Gasteiger partial charge in [0, 0.05) is 4.47 Å². The minimum absolute atomic E-state index is 0.0582. The lowest BCUT2D eigenvalue weighted by Gasteiger charge is -2.10. The molecule has 0 bridgehead atoms. The number of rotatable bonds is 4.